The molecule has 0 saturated carbocycles. The van der Waals surface area contributed by atoms with E-state index in [0.717, 1.165) is 10.4 Å². The Hall–Kier alpha value is -3.65. The van der Waals surface area contributed by atoms with Crippen molar-refractivity contribution < 1.29 is 14.0 Å². The number of aromatic nitrogens is 2. The summed E-state index contributed by atoms with van der Waals surface area (Å²) in [4.78, 5) is 14.7. The lowest BCUT2D eigenvalue weighted by molar-refractivity contribution is 0.127. The highest BCUT2D eigenvalue weighted by Crippen LogP contribution is 2.23. The lowest BCUT2D eigenvalue weighted by Gasteiger charge is -2.08. The van der Waals surface area contributed by atoms with Crippen molar-refractivity contribution in [3.8, 4) is 16.5 Å². The predicted octanol–water partition coefficient (Wildman–Crippen LogP) is 4.21. The number of nitrogens with two attached hydrogens (primary N) is 1. The average Bonchev–Trinajstić information content (AvgIpc) is 3.45. The molecule has 4 aromatic rings. The van der Waals surface area contributed by atoms with Gasteiger partial charge in [0.2, 0.25) is 5.89 Å². The standard InChI is InChI=1S/C21H18N4O3S/c22-20(25-28-14-17-13-27-21(24-17)19-7-3-9-29-19)16-5-1-6-18(10-16)26-12-15-4-2-8-23-11-15/h1-11,13H,12,14H2,(H2,22,25). The highest BCUT2D eigenvalue weighted by molar-refractivity contribution is 7.13. The number of rotatable bonds is 8. The number of benzene rings is 1. The summed E-state index contributed by atoms with van der Waals surface area (Å²) in [5, 5.41) is 5.94. The average molecular weight is 406 g/mol. The zero-order chi connectivity index (χ0) is 19.9. The van der Waals surface area contributed by atoms with E-state index in [1.807, 2.05) is 53.9 Å². The molecular formula is C21H18N4O3S. The molecule has 8 heteroatoms. The molecule has 0 atom stereocenters. The first-order valence-corrected chi connectivity index (χ1v) is 9.72. The third-order valence-corrected chi connectivity index (χ3v) is 4.77. The number of nitrogens with zero attached hydrogens (tertiary/aromatic N) is 3. The van der Waals surface area contributed by atoms with Gasteiger partial charge in [-0.1, -0.05) is 29.4 Å². The van der Waals surface area contributed by atoms with Gasteiger partial charge in [0, 0.05) is 23.5 Å². The molecule has 7 nitrogen and oxygen atoms in total. The van der Waals surface area contributed by atoms with Gasteiger partial charge >= 0.3 is 0 Å². The summed E-state index contributed by atoms with van der Waals surface area (Å²) in [7, 11) is 0. The van der Waals surface area contributed by atoms with E-state index in [1.165, 1.54) is 0 Å². The van der Waals surface area contributed by atoms with E-state index < -0.39 is 0 Å². The van der Waals surface area contributed by atoms with Crippen LogP contribution in [-0.2, 0) is 18.1 Å². The second kappa shape index (κ2) is 9.03. The van der Waals surface area contributed by atoms with Crippen molar-refractivity contribution in [2.75, 3.05) is 0 Å². The van der Waals surface area contributed by atoms with Gasteiger partial charge in [0.25, 0.3) is 0 Å². The Morgan fingerprint density at radius 1 is 1.14 bits per heavy atom. The molecule has 0 bridgehead atoms. The fraction of sp³-hybridized carbons (Fsp3) is 0.0952. The Balaban J connectivity index is 1.34. The molecule has 0 fully saturated rings. The van der Waals surface area contributed by atoms with Gasteiger partial charge in [-0.3, -0.25) is 4.98 Å². The van der Waals surface area contributed by atoms with E-state index in [4.69, 9.17) is 19.7 Å². The third-order valence-electron chi connectivity index (χ3n) is 3.92. The number of hydrogen-bond acceptors (Lipinski definition) is 7. The molecule has 0 unspecified atom stereocenters. The summed E-state index contributed by atoms with van der Waals surface area (Å²) in [5.74, 6) is 1.49. The lowest BCUT2D eigenvalue weighted by Crippen LogP contribution is -2.14. The van der Waals surface area contributed by atoms with Gasteiger partial charge in [0.05, 0.1) is 4.88 Å². The van der Waals surface area contributed by atoms with Gasteiger partial charge in [-0.2, -0.15) is 0 Å². The van der Waals surface area contributed by atoms with Crippen molar-refractivity contribution in [2.45, 2.75) is 13.2 Å². The molecule has 0 amide bonds. The molecule has 1 aromatic carbocycles. The van der Waals surface area contributed by atoms with Crippen LogP contribution in [0.25, 0.3) is 10.8 Å². The maximum absolute atomic E-state index is 6.03. The summed E-state index contributed by atoms with van der Waals surface area (Å²) in [6.45, 7) is 0.580. The van der Waals surface area contributed by atoms with E-state index in [9.17, 15) is 0 Å². The summed E-state index contributed by atoms with van der Waals surface area (Å²) < 4.78 is 11.2. The Morgan fingerprint density at radius 3 is 2.93 bits per heavy atom. The molecule has 29 heavy (non-hydrogen) atoms. The molecule has 0 aliphatic heterocycles. The minimum atomic E-state index is 0.159. The van der Waals surface area contributed by atoms with Gasteiger partial charge in [0.15, 0.2) is 12.4 Å². The van der Waals surface area contributed by atoms with Crippen LogP contribution in [0, 0.1) is 0 Å². The molecule has 0 spiro atoms. The van der Waals surface area contributed by atoms with E-state index in [2.05, 4.69) is 15.1 Å². The van der Waals surface area contributed by atoms with Crippen LogP contribution in [0.15, 0.2) is 82.1 Å². The molecule has 3 heterocycles. The fourth-order valence-electron chi connectivity index (χ4n) is 2.50. The molecule has 146 valence electrons. The topological polar surface area (TPSA) is 95.8 Å². The van der Waals surface area contributed by atoms with Crippen LogP contribution >= 0.6 is 11.3 Å². The molecule has 0 radical (unpaired) electrons. The molecule has 2 N–H and O–H groups in total. The van der Waals surface area contributed by atoms with Gasteiger partial charge < -0.3 is 19.7 Å². The highest BCUT2D eigenvalue weighted by atomic mass is 32.1. The minimum absolute atomic E-state index is 0.159. The Morgan fingerprint density at radius 2 is 2.10 bits per heavy atom. The van der Waals surface area contributed by atoms with Crippen molar-refractivity contribution >= 4 is 17.2 Å². The summed E-state index contributed by atoms with van der Waals surface area (Å²) in [6, 6.07) is 15.1. The van der Waals surface area contributed by atoms with Gasteiger partial charge in [-0.25, -0.2) is 4.98 Å². The van der Waals surface area contributed by atoms with Crippen LogP contribution in [0.1, 0.15) is 16.8 Å². The zero-order valence-electron chi connectivity index (χ0n) is 15.4. The number of ether oxygens (including phenoxy) is 1. The van der Waals surface area contributed by atoms with Crippen LogP contribution in [0.2, 0.25) is 0 Å². The van der Waals surface area contributed by atoms with Crippen LogP contribution in [0.4, 0.5) is 0 Å². The van der Waals surface area contributed by atoms with Crippen molar-refractivity contribution in [2.24, 2.45) is 10.9 Å². The second-order valence-electron chi connectivity index (χ2n) is 6.05. The first-order valence-electron chi connectivity index (χ1n) is 8.84. The van der Waals surface area contributed by atoms with Gasteiger partial charge in [0.1, 0.15) is 24.3 Å². The molecule has 0 aliphatic rings. The highest BCUT2D eigenvalue weighted by Gasteiger charge is 2.08. The molecule has 3 aromatic heterocycles. The number of thiophene rings is 1. The van der Waals surface area contributed by atoms with Crippen molar-refractivity contribution in [1.82, 2.24) is 9.97 Å². The maximum Gasteiger partial charge on any atom is 0.236 e. The maximum atomic E-state index is 6.03. The number of oxazole rings is 1. The summed E-state index contributed by atoms with van der Waals surface area (Å²) in [6.07, 6.45) is 5.04. The Bertz CT molecular complexity index is 1080. The van der Waals surface area contributed by atoms with Crippen LogP contribution in [0.5, 0.6) is 5.75 Å². The van der Waals surface area contributed by atoms with Crippen LogP contribution in [-0.4, -0.2) is 15.8 Å². The number of pyridine rings is 1. The van der Waals surface area contributed by atoms with Crippen molar-refractivity contribution in [3.05, 3.63) is 89.4 Å². The second-order valence-corrected chi connectivity index (χ2v) is 7.00. The third kappa shape index (κ3) is 4.99. The Kier molecular flexibility index (Phi) is 5.82. The monoisotopic (exact) mass is 406 g/mol. The lowest BCUT2D eigenvalue weighted by atomic mass is 10.2. The van der Waals surface area contributed by atoms with Crippen LogP contribution in [0.3, 0.4) is 0 Å². The number of oxime groups is 1. The van der Waals surface area contributed by atoms with E-state index >= 15 is 0 Å². The summed E-state index contributed by atoms with van der Waals surface area (Å²) >= 11 is 1.56. The zero-order valence-corrected chi connectivity index (χ0v) is 16.2. The SMILES string of the molecule is N/C(=N/OCc1coc(-c2cccs2)n1)c1cccc(OCc2cccnc2)c1. The van der Waals surface area contributed by atoms with E-state index in [1.54, 1.807) is 30.0 Å². The summed E-state index contributed by atoms with van der Waals surface area (Å²) in [5.41, 5.74) is 8.36. The van der Waals surface area contributed by atoms with E-state index in [-0.39, 0.29) is 12.4 Å². The van der Waals surface area contributed by atoms with E-state index in [0.29, 0.717) is 29.5 Å². The van der Waals surface area contributed by atoms with Gasteiger partial charge in [-0.15, -0.1) is 11.3 Å². The predicted molar refractivity (Wildman–Crippen MR) is 110 cm³/mol. The number of hydrogen-bond donors (Lipinski definition) is 1. The largest absolute Gasteiger partial charge is 0.489 e. The Labute approximate surface area is 171 Å². The van der Waals surface area contributed by atoms with Crippen molar-refractivity contribution in [1.29, 1.82) is 0 Å². The molecular weight excluding hydrogens is 388 g/mol. The molecule has 0 saturated heterocycles. The van der Waals surface area contributed by atoms with Crippen LogP contribution < -0.4 is 10.5 Å². The fourth-order valence-corrected chi connectivity index (χ4v) is 3.16. The first-order chi connectivity index (χ1) is 14.3. The minimum Gasteiger partial charge on any atom is -0.489 e. The van der Waals surface area contributed by atoms with Gasteiger partial charge in [-0.05, 0) is 29.6 Å². The quantitative estimate of drug-likeness (QED) is 0.267. The smallest absolute Gasteiger partial charge is 0.236 e. The molecule has 0 aliphatic carbocycles. The molecule has 4 rings (SSSR count). The van der Waals surface area contributed by atoms with Crippen molar-refractivity contribution in [3.63, 3.8) is 0 Å². The normalized spacial score (nSPS) is 11.4. The first kappa shape index (κ1) is 18.7. The number of amidine groups is 1.